The molecule has 6 heteroatoms. The van der Waals surface area contributed by atoms with Gasteiger partial charge in [-0.05, 0) is 42.8 Å². The van der Waals surface area contributed by atoms with Crippen molar-refractivity contribution in [2.24, 2.45) is 0 Å². The third kappa shape index (κ3) is 4.66. The summed E-state index contributed by atoms with van der Waals surface area (Å²) < 4.78 is 0. The van der Waals surface area contributed by atoms with Crippen molar-refractivity contribution in [3.05, 3.63) is 64.1 Å². The molecule has 0 fully saturated rings. The molecule has 1 N–H and O–H groups in total. The monoisotopic (exact) mass is 390 g/mol. The summed E-state index contributed by atoms with van der Waals surface area (Å²) in [5, 5.41) is 5.85. The average Bonchev–Trinajstić information content (AvgIpc) is 2.57. The van der Waals surface area contributed by atoms with Crippen LogP contribution in [-0.4, -0.2) is 16.6 Å². The van der Waals surface area contributed by atoms with Gasteiger partial charge in [0.1, 0.15) is 0 Å². The van der Waals surface area contributed by atoms with E-state index in [2.05, 4.69) is 29.4 Å². The molecule has 0 aliphatic heterocycles. The fraction of sp³-hybridized carbons (Fsp3) is 0.158. The largest absolute Gasteiger partial charge is 0.325 e. The van der Waals surface area contributed by atoms with Gasteiger partial charge in [0, 0.05) is 22.6 Å². The van der Waals surface area contributed by atoms with Crippen molar-refractivity contribution < 1.29 is 4.79 Å². The lowest BCUT2D eigenvalue weighted by Crippen LogP contribution is -2.12. The van der Waals surface area contributed by atoms with Gasteiger partial charge in [-0.3, -0.25) is 4.79 Å². The van der Waals surface area contributed by atoms with Gasteiger partial charge in [0.2, 0.25) is 5.91 Å². The predicted molar refractivity (Wildman–Crippen MR) is 107 cm³/mol. The summed E-state index contributed by atoms with van der Waals surface area (Å²) >= 11 is 13.5. The Bertz CT molecular complexity index is 930. The van der Waals surface area contributed by atoms with E-state index in [0.717, 1.165) is 15.9 Å². The van der Waals surface area contributed by atoms with E-state index < -0.39 is 0 Å². The first kappa shape index (κ1) is 18.1. The number of para-hydroxylation sites is 1. The molecule has 0 aliphatic carbocycles. The number of aromatic nitrogens is 1. The molecule has 1 amide bonds. The lowest BCUT2D eigenvalue weighted by Gasteiger charge is -2.08. The van der Waals surface area contributed by atoms with E-state index in [9.17, 15) is 4.79 Å². The Balaban J connectivity index is 1.58. The smallest absolute Gasteiger partial charge is 0.225 e. The van der Waals surface area contributed by atoms with Gasteiger partial charge >= 0.3 is 0 Å². The van der Waals surface area contributed by atoms with Crippen LogP contribution in [0.5, 0.6) is 0 Å². The third-order valence-electron chi connectivity index (χ3n) is 3.68. The van der Waals surface area contributed by atoms with Crippen molar-refractivity contribution in [3.8, 4) is 0 Å². The number of rotatable bonds is 5. The van der Waals surface area contributed by atoms with Crippen LogP contribution >= 0.6 is 35.0 Å². The first-order chi connectivity index (χ1) is 12.0. The predicted octanol–water partition coefficient (Wildman–Crippen LogP) is 5.97. The van der Waals surface area contributed by atoms with Crippen LogP contribution < -0.4 is 5.32 Å². The molecule has 3 aromatic rings. The lowest BCUT2D eigenvalue weighted by atomic mass is 10.1. The van der Waals surface area contributed by atoms with Crippen LogP contribution in [-0.2, 0) is 4.79 Å². The van der Waals surface area contributed by atoms with E-state index in [0.29, 0.717) is 27.9 Å². The second kappa shape index (κ2) is 8.09. The van der Waals surface area contributed by atoms with Crippen LogP contribution in [0.15, 0.2) is 53.6 Å². The van der Waals surface area contributed by atoms with Gasteiger partial charge in [0.15, 0.2) is 0 Å². The molecule has 1 aromatic heterocycles. The van der Waals surface area contributed by atoms with Crippen LogP contribution in [0.1, 0.15) is 12.0 Å². The van der Waals surface area contributed by atoms with Crippen LogP contribution in [0, 0.1) is 6.92 Å². The van der Waals surface area contributed by atoms with Crippen LogP contribution in [0.25, 0.3) is 10.9 Å². The van der Waals surface area contributed by atoms with E-state index in [1.54, 1.807) is 30.0 Å². The minimum atomic E-state index is -0.0887. The molecule has 0 aliphatic rings. The summed E-state index contributed by atoms with van der Waals surface area (Å²) in [4.78, 5) is 16.7. The summed E-state index contributed by atoms with van der Waals surface area (Å²) in [6.45, 7) is 2.07. The molecule has 128 valence electrons. The van der Waals surface area contributed by atoms with Crippen LogP contribution in [0.3, 0.4) is 0 Å². The molecule has 2 aromatic carbocycles. The normalized spacial score (nSPS) is 10.8. The average molecular weight is 391 g/mol. The number of thioether (sulfide) groups is 1. The van der Waals surface area contributed by atoms with Gasteiger partial charge in [0.05, 0.1) is 21.3 Å². The molecular weight excluding hydrogens is 375 g/mol. The topological polar surface area (TPSA) is 42.0 Å². The Kier molecular flexibility index (Phi) is 5.84. The molecule has 0 spiro atoms. The Labute approximate surface area is 160 Å². The third-order valence-corrected chi connectivity index (χ3v) is 5.14. The SMILES string of the molecule is Cc1cc(SCCC(=O)Nc2ccc(Cl)cc2Cl)nc2ccccc12. The number of nitrogens with one attached hydrogen (secondary N) is 1. The molecule has 0 unspecified atom stereocenters. The van der Waals surface area contributed by atoms with Gasteiger partial charge in [-0.2, -0.15) is 0 Å². The van der Waals surface area contributed by atoms with E-state index in [1.165, 1.54) is 5.56 Å². The van der Waals surface area contributed by atoms with Crippen molar-refractivity contribution in [1.29, 1.82) is 0 Å². The molecule has 0 radical (unpaired) electrons. The van der Waals surface area contributed by atoms with Crippen molar-refractivity contribution in [3.63, 3.8) is 0 Å². The van der Waals surface area contributed by atoms with Crippen molar-refractivity contribution in [2.45, 2.75) is 18.4 Å². The molecule has 0 saturated heterocycles. The molecule has 25 heavy (non-hydrogen) atoms. The van der Waals surface area contributed by atoms with Gasteiger partial charge in [-0.25, -0.2) is 4.98 Å². The maximum absolute atomic E-state index is 12.1. The lowest BCUT2D eigenvalue weighted by molar-refractivity contribution is -0.115. The summed E-state index contributed by atoms with van der Waals surface area (Å²) in [6.07, 6.45) is 0.372. The molecule has 0 saturated carbocycles. The highest BCUT2D eigenvalue weighted by molar-refractivity contribution is 7.99. The van der Waals surface area contributed by atoms with Crippen molar-refractivity contribution in [2.75, 3.05) is 11.1 Å². The number of nitrogens with zero attached hydrogens (tertiary/aromatic N) is 1. The second-order valence-corrected chi connectivity index (χ2v) is 7.52. The van der Waals surface area contributed by atoms with Crippen LogP contribution in [0.2, 0.25) is 10.0 Å². The number of anilines is 1. The minimum absolute atomic E-state index is 0.0887. The zero-order chi connectivity index (χ0) is 17.8. The van der Waals surface area contributed by atoms with Crippen molar-refractivity contribution in [1.82, 2.24) is 4.98 Å². The Morgan fingerprint density at radius 3 is 2.76 bits per heavy atom. The highest BCUT2D eigenvalue weighted by atomic mass is 35.5. The van der Waals surface area contributed by atoms with Gasteiger partial charge in [-0.15, -0.1) is 11.8 Å². The van der Waals surface area contributed by atoms with Gasteiger partial charge < -0.3 is 5.32 Å². The number of amides is 1. The summed E-state index contributed by atoms with van der Waals surface area (Å²) in [7, 11) is 0. The zero-order valence-electron chi connectivity index (χ0n) is 13.6. The number of carbonyl (C=O) groups is 1. The number of fused-ring (bicyclic) bond motifs is 1. The Morgan fingerprint density at radius 2 is 1.96 bits per heavy atom. The van der Waals surface area contributed by atoms with E-state index in [4.69, 9.17) is 23.2 Å². The summed E-state index contributed by atoms with van der Waals surface area (Å²) in [6, 6.07) is 15.1. The molecular formula is C19H16Cl2N2OS. The fourth-order valence-electron chi connectivity index (χ4n) is 2.44. The highest BCUT2D eigenvalue weighted by Gasteiger charge is 2.08. The number of benzene rings is 2. The minimum Gasteiger partial charge on any atom is -0.325 e. The number of pyridine rings is 1. The Hall–Kier alpha value is -1.75. The number of hydrogen-bond acceptors (Lipinski definition) is 3. The van der Waals surface area contributed by atoms with E-state index >= 15 is 0 Å². The fourth-order valence-corrected chi connectivity index (χ4v) is 3.82. The maximum Gasteiger partial charge on any atom is 0.225 e. The highest BCUT2D eigenvalue weighted by Crippen LogP contribution is 2.26. The molecule has 0 atom stereocenters. The van der Waals surface area contributed by atoms with E-state index in [-0.39, 0.29) is 5.91 Å². The van der Waals surface area contributed by atoms with Crippen molar-refractivity contribution >= 4 is 57.5 Å². The number of carbonyl (C=O) groups excluding carboxylic acids is 1. The molecule has 3 nitrogen and oxygen atoms in total. The molecule has 0 bridgehead atoms. The summed E-state index contributed by atoms with van der Waals surface area (Å²) in [5.41, 5.74) is 2.73. The van der Waals surface area contributed by atoms with E-state index in [1.807, 2.05) is 18.2 Å². The maximum atomic E-state index is 12.1. The number of hydrogen-bond donors (Lipinski definition) is 1. The number of halogens is 2. The van der Waals surface area contributed by atoms with Gasteiger partial charge in [-0.1, -0.05) is 41.4 Å². The zero-order valence-corrected chi connectivity index (χ0v) is 15.9. The quantitative estimate of drug-likeness (QED) is 0.545. The first-order valence-electron chi connectivity index (χ1n) is 7.77. The first-order valence-corrected chi connectivity index (χ1v) is 9.51. The standard InChI is InChI=1S/C19H16Cl2N2OS/c1-12-10-19(23-16-5-3-2-4-14(12)16)25-9-8-18(24)22-17-7-6-13(20)11-15(17)21/h2-7,10-11H,8-9H2,1H3,(H,22,24). The van der Waals surface area contributed by atoms with Gasteiger partial charge in [0.25, 0.3) is 0 Å². The molecule has 3 rings (SSSR count). The van der Waals surface area contributed by atoms with Crippen LogP contribution in [0.4, 0.5) is 5.69 Å². The molecule has 1 heterocycles. The number of aryl methyl sites for hydroxylation is 1. The second-order valence-electron chi connectivity index (χ2n) is 5.57. The Morgan fingerprint density at radius 1 is 1.16 bits per heavy atom. The summed E-state index contributed by atoms with van der Waals surface area (Å²) in [5.74, 6) is 0.552.